The summed E-state index contributed by atoms with van der Waals surface area (Å²) in [6.07, 6.45) is 5.26. The summed E-state index contributed by atoms with van der Waals surface area (Å²) in [5.41, 5.74) is 0. The fourth-order valence-corrected chi connectivity index (χ4v) is 1.45. The smallest absolute Gasteiger partial charge is 0.0613 e. The van der Waals surface area contributed by atoms with Crippen molar-refractivity contribution in [2.75, 3.05) is 12.8 Å². The molecule has 0 aliphatic carbocycles. The Morgan fingerprint density at radius 1 is 1.25 bits per heavy atom. The van der Waals surface area contributed by atoms with Gasteiger partial charge < -0.3 is 4.74 Å². The van der Waals surface area contributed by atoms with Crippen LogP contribution in [-0.4, -0.2) is 18.8 Å². The van der Waals surface area contributed by atoms with Crippen molar-refractivity contribution in [3.8, 4) is 0 Å². The molecule has 8 heavy (non-hydrogen) atoms. The van der Waals surface area contributed by atoms with Crippen molar-refractivity contribution < 1.29 is 4.74 Å². The van der Waals surface area contributed by atoms with Crippen LogP contribution in [0.5, 0.6) is 0 Å². The summed E-state index contributed by atoms with van der Waals surface area (Å²) >= 11 is 0. The zero-order chi connectivity index (χ0) is 5.66. The molecule has 0 N–H and O–H groups in total. The summed E-state index contributed by atoms with van der Waals surface area (Å²) < 4.78 is 5.14. The molecule has 1 nitrogen and oxygen atoms in total. The topological polar surface area (TPSA) is 9.23 Å². The van der Waals surface area contributed by atoms with Crippen LogP contribution in [-0.2, 0) is 4.74 Å². The molecule has 0 aromatic carbocycles. The molecule has 0 amide bonds. The minimum absolute atomic E-state index is 0.938. The highest BCUT2D eigenvalue weighted by Crippen LogP contribution is 2.06. The highest BCUT2D eigenvalue weighted by atomic mass is 31.1. The number of rotatable bonds is 0. The quantitative estimate of drug-likeness (QED) is 0.455. The number of hydrogen-bond donors (Lipinski definition) is 0. The van der Waals surface area contributed by atoms with Gasteiger partial charge in [0.1, 0.15) is 0 Å². The lowest BCUT2D eigenvalue weighted by Crippen LogP contribution is -1.93. The van der Waals surface area contributed by atoms with E-state index in [0.717, 1.165) is 6.61 Å². The first-order valence-corrected chi connectivity index (χ1v) is 4.25. The fraction of sp³-hybridized carbons (Fsp3) is 0.833. The molecule has 46 valence electrons. The Kier molecular flexibility index (Phi) is 3.17. The van der Waals surface area contributed by atoms with E-state index in [1.807, 2.05) is 5.98 Å². The van der Waals surface area contributed by atoms with Gasteiger partial charge in [0.25, 0.3) is 0 Å². The molecule has 1 rings (SSSR count). The molecule has 0 spiro atoms. The summed E-state index contributed by atoms with van der Waals surface area (Å²) in [6.45, 7) is 0.938. The second-order valence-corrected chi connectivity index (χ2v) is 2.97. The zero-order valence-corrected chi connectivity index (χ0v) is 5.86. The van der Waals surface area contributed by atoms with Crippen molar-refractivity contribution in [1.29, 1.82) is 0 Å². The van der Waals surface area contributed by atoms with E-state index in [4.69, 9.17) is 4.74 Å². The van der Waals surface area contributed by atoms with Crippen LogP contribution < -0.4 is 0 Å². The molecule has 0 saturated heterocycles. The molecule has 1 aliphatic heterocycles. The molecule has 2 heteroatoms. The lowest BCUT2D eigenvalue weighted by atomic mass is 10.3. The summed E-state index contributed by atoms with van der Waals surface area (Å²) in [7, 11) is 1.36. The Morgan fingerprint density at radius 2 is 2.25 bits per heavy atom. The van der Waals surface area contributed by atoms with E-state index in [0.29, 0.717) is 0 Å². The molecule has 0 aromatic rings. The minimum Gasteiger partial charge on any atom is -0.349 e. The third-order valence-electron chi connectivity index (χ3n) is 1.20. The van der Waals surface area contributed by atoms with E-state index >= 15 is 0 Å². The molecule has 0 unspecified atom stereocenters. The standard InChI is InChI=1S/C6H11OP/c1-2-4-7-6-8-5-3-1/h6H,1-5H2. The van der Waals surface area contributed by atoms with Crippen molar-refractivity contribution >= 4 is 14.2 Å². The Balaban J connectivity index is 2.17. The summed E-state index contributed by atoms with van der Waals surface area (Å²) in [5, 5.41) is 0. The fourth-order valence-electron chi connectivity index (χ4n) is 0.723. The van der Waals surface area contributed by atoms with Crippen LogP contribution in [0.1, 0.15) is 19.3 Å². The molecule has 0 radical (unpaired) electrons. The second-order valence-electron chi connectivity index (χ2n) is 1.94. The van der Waals surface area contributed by atoms with Crippen LogP contribution in [0.15, 0.2) is 0 Å². The summed E-state index contributed by atoms with van der Waals surface area (Å²) in [5.74, 6) is 1.92. The van der Waals surface area contributed by atoms with E-state index in [1.54, 1.807) is 0 Å². The van der Waals surface area contributed by atoms with Crippen LogP contribution >= 0.6 is 8.20 Å². The van der Waals surface area contributed by atoms with Crippen molar-refractivity contribution in [3.05, 3.63) is 0 Å². The molecule has 0 bridgehead atoms. The Labute approximate surface area is 51.8 Å². The van der Waals surface area contributed by atoms with E-state index in [2.05, 4.69) is 0 Å². The van der Waals surface area contributed by atoms with Gasteiger partial charge in [-0.1, -0.05) is 14.6 Å². The van der Waals surface area contributed by atoms with Gasteiger partial charge in [-0.05, 0) is 19.0 Å². The van der Waals surface area contributed by atoms with Gasteiger partial charge in [-0.25, -0.2) is 0 Å². The maximum atomic E-state index is 5.14. The van der Waals surface area contributed by atoms with Gasteiger partial charge >= 0.3 is 0 Å². The molecular formula is C6H11OP. The highest BCUT2D eigenvalue weighted by Gasteiger charge is 1.90. The van der Waals surface area contributed by atoms with E-state index in [1.165, 1.54) is 33.6 Å². The Bertz CT molecular complexity index is 70.6. The second kappa shape index (κ2) is 4.05. The van der Waals surface area contributed by atoms with Crippen LogP contribution in [0.3, 0.4) is 0 Å². The highest BCUT2D eigenvalue weighted by molar-refractivity contribution is 7.37. The number of hydrogen-bond acceptors (Lipinski definition) is 1. The van der Waals surface area contributed by atoms with Gasteiger partial charge in [0.15, 0.2) is 0 Å². The van der Waals surface area contributed by atoms with Gasteiger partial charge in [0.2, 0.25) is 0 Å². The van der Waals surface area contributed by atoms with Crippen molar-refractivity contribution in [3.63, 3.8) is 0 Å². The van der Waals surface area contributed by atoms with Crippen LogP contribution in [0, 0.1) is 0 Å². The van der Waals surface area contributed by atoms with Gasteiger partial charge in [-0.3, -0.25) is 0 Å². The average Bonchev–Trinajstić information content (AvgIpc) is 1.62. The third kappa shape index (κ3) is 2.44. The van der Waals surface area contributed by atoms with Crippen LogP contribution in [0.2, 0.25) is 0 Å². The van der Waals surface area contributed by atoms with E-state index in [-0.39, 0.29) is 0 Å². The lowest BCUT2D eigenvalue weighted by Gasteiger charge is -2.00. The Morgan fingerprint density at radius 3 is 3.25 bits per heavy atom. The predicted molar refractivity (Wildman–Crippen MR) is 37.7 cm³/mol. The zero-order valence-electron chi connectivity index (χ0n) is 4.97. The van der Waals surface area contributed by atoms with Gasteiger partial charge in [-0.2, -0.15) is 0 Å². The first kappa shape index (κ1) is 6.25. The van der Waals surface area contributed by atoms with Crippen molar-refractivity contribution in [1.82, 2.24) is 0 Å². The first-order chi connectivity index (χ1) is 4.00. The molecule has 1 heterocycles. The third-order valence-corrected chi connectivity index (χ3v) is 2.07. The minimum atomic E-state index is 0.938. The summed E-state index contributed by atoms with van der Waals surface area (Å²) in [6, 6.07) is 0. The molecule has 0 atom stereocenters. The van der Waals surface area contributed by atoms with E-state index < -0.39 is 0 Å². The lowest BCUT2D eigenvalue weighted by molar-refractivity contribution is 0.312. The molecule has 0 saturated carbocycles. The monoisotopic (exact) mass is 130 g/mol. The van der Waals surface area contributed by atoms with Gasteiger partial charge in [-0.15, -0.1) is 0 Å². The largest absolute Gasteiger partial charge is 0.349 e. The van der Waals surface area contributed by atoms with Crippen molar-refractivity contribution in [2.24, 2.45) is 0 Å². The van der Waals surface area contributed by atoms with Gasteiger partial charge in [0, 0.05) is 0 Å². The SMILES string of the molecule is C1=PCCCCCO1. The van der Waals surface area contributed by atoms with Gasteiger partial charge in [0.05, 0.1) is 12.6 Å². The maximum absolute atomic E-state index is 5.14. The molecule has 0 fully saturated rings. The molecule has 0 aromatic heterocycles. The Hall–Kier alpha value is 0.130. The van der Waals surface area contributed by atoms with Crippen LogP contribution in [0.25, 0.3) is 0 Å². The van der Waals surface area contributed by atoms with Crippen molar-refractivity contribution in [2.45, 2.75) is 19.3 Å². The molecular weight excluding hydrogens is 119 g/mol. The molecule has 1 aliphatic rings. The predicted octanol–water partition coefficient (Wildman–Crippen LogP) is 1.89. The number of ether oxygens (including phenoxy) is 1. The summed E-state index contributed by atoms with van der Waals surface area (Å²) in [4.78, 5) is 0. The first-order valence-electron chi connectivity index (χ1n) is 3.10. The average molecular weight is 130 g/mol. The van der Waals surface area contributed by atoms with Crippen LogP contribution in [0.4, 0.5) is 0 Å². The maximum Gasteiger partial charge on any atom is 0.0613 e. The normalized spacial score (nSPS) is 24.0. The van der Waals surface area contributed by atoms with E-state index in [9.17, 15) is 0 Å².